The minimum atomic E-state index is -3.67. The Hall–Kier alpha value is -2.25. The fourth-order valence-corrected chi connectivity index (χ4v) is 4.41. The van der Waals surface area contributed by atoms with Crippen molar-refractivity contribution in [2.24, 2.45) is 0 Å². The Labute approximate surface area is 177 Å². The van der Waals surface area contributed by atoms with Crippen LogP contribution in [0.5, 0.6) is 5.75 Å². The van der Waals surface area contributed by atoms with Crippen LogP contribution in [0.2, 0.25) is 5.02 Å². The van der Waals surface area contributed by atoms with Crippen LogP contribution in [0.15, 0.2) is 48.5 Å². The number of aryl methyl sites for hydroxylation is 1. The normalized spacial score (nSPS) is 12.3. The second kappa shape index (κ2) is 10.5. The van der Waals surface area contributed by atoms with Crippen LogP contribution >= 0.6 is 11.6 Å². The lowest BCUT2D eigenvalue weighted by Gasteiger charge is -2.30. The minimum Gasteiger partial charge on any atom is -0.497 e. The van der Waals surface area contributed by atoms with Gasteiger partial charge in [-0.2, -0.15) is 0 Å². The van der Waals surface area contributed by atoms with E-state index < -0.39 is 16.1 Å². The summed E-state index contributed by atoms with van der Waals surface area (Å²) in [4.78, 5) is 12.8. The Morgan fingerprint density at radius 3 is 2.48 bits per heavy atom. The first-order valence-electron chi connectivity index (χ1n) is 9.42. The van der Waals surface area contributed by atoms with Gasteiger partial charge in [0.1, 0.15) is 11.8 Å². The first-order valence-corrected chi connectivity index (χ1v) is 11.6. The number of rotatable bonds is 10. The number of carbonyl (C=O) groups is 1. The fraction of sp³-hybridized carbons (Fsp3) is 0.381. The molecule has 0 fully saturated rings. The SMILES string of the molecule is CCC(C(=O)NCCCc1ccc(Cl)cc1)N(c1cccc(OC)c1)S(C)(=O)=O. The zero-order chi connectivity index (χ0) is 21.4. The highest BCUT2D eigenvalue weighted by molar-refractivity contribution is 7.92. The van der Waals surface area contributed by atoms with Crippen LogP contribution in [-0.4, -0.2) is 40.3 Å². The lowest BCUT2D eigenvalue weighted by Crippen LogP contribution is -2.49. The number of nitrogens with zero attached hydrogens (tertiary/aromatic N) is 1. The van der Waals surface area contributed by atoms with Crippen LogP contribution in [0.4, 0.5) is 5.69 Å². The van der Waals surface area contributed by atoms with E-state index in [2.05, 4.69) is 5.32 Å². The summed E-state index contributed by atoms with van der Waals surface area (Å²) in [5, 5.41) is 3.55. The molecule has 1 unspecified atom stereocenters. The lowest BCUT2D eigenvalue weighted by atomic mass is 10.1. The van der Waals surface area contributed by atoms with Crippen molar-refractivity contribution in [1.29, 1.82) is 0 Å². The van der Waals surface area contributed by atoms with Gasteiger partial charge in [-0.3, -0.25) is 9.10 Å². The highest BCUT2D eigenvalue weighted by Crippen LogP contribution is 2.26. The van der Waals surface area contributed by atoms with E-state index in [1.807, 2.05) is 24.3 Å². The number of ether oxygens (including phenoxy) is 1. The summed E-state index contributed by atoms with van der Waals surface area (Å²) < 4.78 is 31.3. The molecular weight excluding hydrogens is 412 g/mol. The maximum atomic E-state index is 12.8. The standard InChI is InChI=1S/C21H27ClN2O4S/c1-4-20(21(25)23-14-6-7-16-10-12-17(22)13-11-16)24(29(3,26)27)18-8-5-9-19(15-18)28-2/h5,8-13,15,20H,4,6-7,14H2,1-3H3,(H,23,25). The van der Waals surface area contributed by atoms with Crippen LogP contribution in [0.1, 0.15) is 25.3 Å². The van der Waals surface area contributed by atoms with Gasteiger partial charge in [-0.15, -0.1) is 0 Å². The molecule has 1 N–H and O–H groups in total. The number of hydrogen-bond acceptors (Lipinski definition) is 4. The van der Waals surface area contributed by atoms with E-state index in [0.717, 1.165) is 29.0 Å². The van der Waals surface area contributed by atoms with Crippen LogP contribution in [-0.2, 0) is 21.2 Å². The highest BCUT2D eigenvalue weighted by Gasteiger charge is 2.31. The summed E-state index contributed by atoms with van der Waals surface area (Å²) in [5.41, 5.74) is 1.53. The van der Waals surface area contributed by atoms with Gasteiger partial charge >= 0.3 is 0 Å². The number of sulfonamides is 1. The maximum Gasteiger partial charge on any atom is 0.243 e. The third-order valence-corrected chi connectivity index (χ3v) is 5.92. The van der Waals surface area contributed by atoms with Crippen LogP contribution < -0.4 is 14.4 Å². The number of amides is 1. The van der Waals surface area contributed by atoms with Crippen molar-refractivity contribution in [3.8, 4) is 5.75 Å². The Kier molecular flexibility index (Phi) is 8.34. The summed E-state index contributed by atoms with van der Waals surface area (Å²) in [6.07, 6.45) is 2.97. The molecule has 0 aliphatic heterocycles. The fourth-order valence-electron chi connectivity index (χ4n) is 3.08. The molecule has 0 saturated heterocycles. The van der Waals surface area contributed by atoms with Gasteiger partial charge < -0.3 is 10.1 Å². The van der Waals surface area contributed by atoms with Gasteiger partial charge in [0.25, 0.3) is 0 Å². The lowest BCUT2D eigenvalue weighted by molar-refractivity contribution is -0.122. The number of hydrogen-bond donors (Lipinski definition) is 1. The molecule has 2 aromatic rings. The van der Waals surface area contributed by atoms with Crippen molar-refractivity contribution in [2.45, 2.75) is 32.2 Å². The predicted octanol–water partition coefficient (Wildman–Crippen LogP) is 3.64. The molecule has 6 nitrogen and oxygen atoms in total. The maximum absolute atomic E-state index is 12.8. The Balaban J connectivity index is 2.06. The molecule has 0 radical (unpaired) electrons. The third-order valence-electron chi connectivity index (χ3n) is 4.49. The molecule has 8 heteroatoms. The monoisotopic (exact) mass is 438 g/mol. The van der Waals surface area contributed by atoms with Gasteiger partial charge in [-0.25, -0.2) is 8.42 Å². The molecule has 0 bridgehead atoms. The molecule has 0 aromatic heterocycles. The van der Waals surface area contributed by atoms with Gasteiger partial charge in [0.05, 0.1) is 19.1 Å². The average molecular weight is 439 g/mol. The smallest absolute Gasteiger partial charge is 0.243 e. The van der Waals surface area contributed by atoms with E-state index >= 15 is 0 Å². The molecule has 2 rings (SSSR count). The predicted molar refractivity (Wildman–Crippen MR) is 117 cm³/mol. The van der Waals surface area contributed by atoms with E-state index in [1.54, 1.807) is 31.2 Å². The number of methoxy groups -OCH3 is 1. The van der Waals surface area contributed by atoms with Crippen LogP contribution in [0.3, 0.4) is 0 Å². The largest absolute Gasteiger partial charge is 0.497 e. The number of nitrogens with one attached hydrogen (secondary N) is 1. The summed E-state index contributed by atoms with van der Waals surface area (Å²) in [7, 11) is -2.16. The first kappa shape index (κ1) is 23.0. The Morgan fingerprint density at radius 1 is 1.21 bits per heavy atom. The molecule has 0 aliphatic rings. The van der Waals surface area contributed by atoms with Crippen molar-refractivity contribution in [1.82, 2.24) is 5.32 Å². The van der Waals surface area contributed by atoms with E-state index in [1.165, 1.54) is 7.11 Å². The van der Waals surface area contributed by atoms with Crippen molar-refractivity contribution < 1.29 is 17.9 Å². The van der Waals surface area contributed by atoms with Crippen LogP contribution in [0, 0.1) is 0 Å². The van der Waals surface area contributed by atoms with Gasteiger partial charge in [-0.05, 0) is 49.1 Å². The van der Waals surface area contributed by atoms with Gasteiger partial charge in [-0.1, -0.05) is 36.7 Å². The first-order chi connectivity index (χ1) is 13.8. The van der Waals surface area contributed by atoms with Gasteiger partial charge in [0, 0.05) is 17.6 Å². The Morgan fingerprint density at radius 2 is 1.90 bits per heavy atom. The summed E-state index contributed by atoms with van der Waals surface area (Å²) in [6, 6.07) is 13.4. The second-order valence-electron chi connectivity index (χ2n) is 6.71. The topological polar surface area (TPSA) is 75.7 Å². The molecule has 0 spiro atoms. The third kappa shape index (κ3) is 6.65. The van der Waals surface area contributed by atoms with Crippen molar-refractivity contribution in [2.75, 3.05) is 24.2 Å². The summed E-state index contributed by atoms with van der Waals surface area (Å²) in [6.45, 7) is 2.24. The molecular formula is C21H27ClN2O4S. The number of benzene rings is 2. The number of anilines is 1. The number of carbonyl (C=O) groups excluding carboxylic acids is 1. The summed E-state index contributed by atoms with van der Waals surface area (Å²) in [5.74, 6) is 0.200. The van der Waals surface area contributed by atoms with Gasteiger partial charge in [0.15, 0.2) is 0 Å². The molecule has 0 saturated carbocycles. The highest BCUT2D eigenvalue weighted by atomic mass is 35.5. The molecule has 158 valence electrons. The average Bonchev–Trinajstić information content (AvgIpc) is 2.69. The zero-order valence-corrected chi connectivity index (χ0v) is 18.5. The van der Waals surface area contributed by atoms with E-state index in [9.17, 15) is 13.2 Å². The quantitative estimate of drug-likeness (QED) is 0.574. The van der Waals surface area contributed by atoms with E-state index in [0.29, 0.717) is 29.4 Å². The van der Waals surface area contributed by atoms with E-state index in [4.69, 9.17) is 16.3 Å². The van der Waals surface area contributed by atoms with Gasteiger partial charge in [0.2, 0.25) is 15.9 Å². The molecule has 29 heavy (non-hydrogen) atoms. The van der Waals surface area contributed by atoms with Crippen molar-refractivity contribution in [3.63, 3.8) is 0 Å². The Bertz CT molecular complexity index is 917. The molecule has 2 aromatic carbocycles. The molecule has 0 aliphatic carbocycles. The van der Waals surface area contributed by atoms with Crippen LogP contribution in [0.25, 0.3) is 0 Å². The minimum absolute atomic E-state index is 0.322. The van der Waals surface area contributed by atoms with Crippen molar-refractivity contribution >= 4 is 33.2 Å². The van der Waals surface area contributed by atoms with Crippen molar-refractivity contribution in [3.05, 3.63) is 59.1 Å². The summed E-state index contributed by atoms with van der Waals surface area (Å²) >= 11 is 5.88. The molecule has 1 amide bonds. The zero-order valence-electron chi connectivity index (χ0n) is 16.9. The second-order valence-corrected chi connectivity index (χ2v) is 9.00. The number of halogens is 1. The van der Waals surface area contributed by atoms with E-state index in [-0.39, 0.29) is 5.91 Å². The molecule has 1 atom stereocenters. The molecule has 0 heterocycles.